The molecule has 0 aromatic carbocycles. The molecule has 0 heterocycles. The number of carbonyl (C=O) groups is 3. The molecule has 0 spiro atoms. The van der Waals surface area contributed by atoms with E-state index in [0.717, 1.165) is 0 Å². The SMILES string of the molecule is CC(=O)CC(=O)O[C@H](C)C(=O)C(C)O. The molecule has 1 N–H and O–H groups in total. The maximum absolute atomic E-state index is 11.1. The lowest BCUT2D eigenvalue weighted by Crippen LogP contribution is -2.32. The van der Waals surface area contributed by atoms with Crippen molar-refractivity contribution in [1.29, 1.82) is 0 Å². The summed E-state index contributed by atoms with van der Waals surface area (Å²) in [6.07, 6.45) is -2.53. The van der Waals surface area contributed by atoms with Crippen molar-refractivity contribution >= 4 is 17.5 Å². The van der Waals surface area contributed by atoms with Gasteiger partial charge in [0.1, 0.15) is 18.3 Å². The Hall–Kier alpha value is -1.23. The monoisotopic (exact) mass is 202 g/mol. The summed E-state index contributed by atoms with van der Waals surface area (Å²) < 4.78 is 4.61. The van der Waals surface area contributed by atoms with Crippen molar-refractivity contribution in [2.45, 2.75) is 39.4 Å². The Bertz CT molecular complexity index is 244. The molecule has 0 radical (unpaired) electrons. The highest BCUT2D eigenvalue weighted by molar-refractivity contribution is 5.95. The van der Waals surface area contributed by atoms with E-state index in [9.17, 15) is 14.4 Å². The highest BCUT2D eigenvalue weighted by Crippen LogP contribution is 2.00. The number of aliphatic hydroxyl groups excluding tert-OH is 1. The molecule has 14 heavy (non-hydrogen) atoms. The summed E-state index contributed by atoms with van der Waals surface area (Å²) >= 11 is 0. The predicted molar refractivity (Wildman–Crippen MR) is 47.5 cm³/mol. The van der Waals surface area contributed by atoms with Crippen LogP contribution in [0.2, 0.25) is 0 Å². The lowest BCUT2D eigenvalue weighted by atomic mass is 10.2. The Morgan fingerprint density at radius 1 is 1.29 bits per heavy atom. The van der Waals surface area contributed by atoms with Gasteiger partial charge in [-0.15, -0.1) is 0 Å². The second-order valence-electron chi connectivity index (χ2n) is 3.09. The smallest absolute Gasteiger partial charge is 0.314 e. The van der Waals surface area contributed by atoms with Crippen molar-refractivity contribution < 1.29 is 24.2 Å². The fourth-order valence-corrected chi connectivity index (χ4v) is 0.840. The van der Waals surface area contributed by atoms with Gasteiger partial charge in [0.05, 0.1) is 0 Å². The molecule has 1 unspecified atom stereocenters. The van der Waals surface area contributed by atoms with E-state index < -0.39 is 24.0 Å². The Morgan fingerprint density at radius 2 is 1.79 bits per heavy atom. The lowest BCUT2D eigenvalue weighted by molar-refractivity contribution is -0.157. The van der Waals surface area contributed by atoms with Crippen LogP contribution in [0.3, 0.4) is 0 Å². The van der Waals surface area contributed by atoms with Crippen molar-refractivity contribution in [3.05, 3.63) is 0 Å². The van der Waals surface area contributed by atoms with E-state index in [4.69, 9.17) is 5.11 Å². The first-order valence-corrected chi connectivity index (χ1v) is 4.25. The van der Waals surface area contributed by atoms with Crippen LogP contribution in [0.25, 0.3) is 0 Å². The van der Waals surface area contributed by atoms with Crippen molar-refractivity contribution in [2.75, 3.05) is 0 Å². The van der Waals surface area contributed by atoms with Gasteiger partial charge in [0, 0.05) is 0 Å². The Morgan fingerprint density at radius 3 is 2.14 bits per heavy atom. The van der Waals surface area contributed by atoms with Gasteiger partial charge in [0.2, 0.25) is 5.78 Å². The van der Waals surface area contributed by atoms with E-state index in [2.05, 4.69) is 4.74 Å². The van der Waals surface area contributed by atoms with Crippen molar-refractivity contribution in [2.24, 2.45) is 0 Å². The Balaban J connectivity index is 4.06. The van der Waals surface area contributed by atoms with E-state index >= 15 is 0 Å². The zero-order valence-corrected chi connectivity index (χ0v) is 8.44. The minimum atomic E-state index is -1.17. The summed E-state index contributed by atoms with van der Waals surface area (Å²) in [6.45, 7) is 3.90. The van der Waals surface area contributed by atoms with Crippen LogP contribution in [0.1, 0.15) is 27.2 Å². The number of hydrogen-bond acceptors (Lipinski definition) is 5. The van der Waals surface area contributed by atoms with Crippen LogP contribution in [-0.2, 0) is 19.1 Å². The summed E-state index contributed by atoms with van der Waals surface area (Å²) in [5.41, 5.74) is 0. The minimum Gasteiger partial charge on any atom is -0.454 e. The summed E-state index contributed by atoms with van der Waals surface area (Å²) in [7, 11) is 0. The largest absolute Gasteiger partial charge is 0.454 e. The quantitative estimate of drug-likeness (QED) is 0.495. The number of aliphatic hydroxyl groups is 1. The number of hydrogen-bond donors (Lipinski definition) is 1. The third-order valence-electron chi connectivity index (χ3n) is 1.51. The standard InChI is InChI=1S/C9H14O5/c1-5(10)4-8(12)14-7(3)9(13)6(2)11/h6-7,11H,4H2,1-3H3/t6?,7-/m1/s1. The van der Waals surface area contributed by atoms with E-state index in [0.29, 0.717) is 0 Å². The minimum absolute atomic E-state index is 0.327. The van der Waals surface area contributed by atoms with E-state index in [1.165, 1.54) is 20.8 Å². The second kappa shape index (κ2) is 5.49. The zero-order chi connectivity index (χ0) is 11.3. The maximum atomic E-state index is 11.1. The molecular formula is C9H14O5. The molecule has 5 nitrogen and oxygen atoms in total. The van der Waals surface area contributed by atoms with Gasteiger partial charge in [-0.2, -0.15) is 0 Å². The maximum Gasteiger partial charge on any atom is 0.314 e. The normalized spacial score (nSPS) is 14.3. The van der Waals surface area contributed by atoms with E-state index in [-0.39, 0.29) is 12.2 Å². The molecule has 0 aromatic rings. The molecule has 0 aliphatic heterocycles. The molecule has 0 aliphatic carbocycles. The van der Waals surface area contributed by atoms with Gasteiger partial charge in [-0.05, 0) is 20.8 Å². The highest BCUT2D eigenvalue weighted by Gasteiger charge is 2.21. The molecule has 0 bridgehead atoms. The van der Waals surface area contributed by atoms with Gasteiger partial charge in [-0.1, -0.05) is 0 Å². The van der Waals surface area contributed by atoms with Crippen LogP contribution in [-0.4, -0.2) is 34.9 Å². The van der Waals surface area contributed by atoms with Crippen molar-refractivity contribution in [1.82, 2.24) is 0 Å². The molecule has 0 aliphatic rings. The molecule has 0 amide bonds. The highest BCUT2D eigenvalue weighted by atomic mass is 16.5. The van der Waals surface area contributed by atoms with Gasteiger partial charge in [-0.3, -0.25) is 14.4 Å². The molecule has 5 heteroatoms. The van der Waals surface area contributed by atoms with E-state index in [1.807, 2.05) is 0 Å². The second-order valence-corrected chi connectivity index (χ2v) is 3.09. The van der Waals surface area contributed by atoms with E-state index in [1.54, 1.807) is 0 Å². The summed E-state index contributed by atoms with van der Waals surface area (Å²) in [5, 5.41) is 8.88. The van der Waals surface area contributed by atoms with Crippen LogP contribution >= 0.6 is 0 Å². The fourth-order valence-electron chi connectivity index (χ4n) is 0.840. The van der Waals surface area contributed by atoms with Gasteiger partial charge < -0.3 is 9.84 Å². The molecule has 0 rings (SSSR count). The molecule has 0 saturated heterocycles. The number of ether oxygens (including phenoxy) is 1. The van der Waals surface area contributed by atoms with Crippen LogP contribution in [0.5, 0.6) is 0 Å². The topological polar surface area (TPSA) is 80.7 Å². The number of esters is 1. The van der Waals surface area contributed by atoms with Gasteiger partial charge in [0.15, 0.2) is 6.10 Å². The molecular weight excluding hydrogens is 188 g/mol. The van der Waals surface area contributed by atoms with Crippen molar-refractivity contribution in [3.8, 4) is 0 Å². The number of Topliss-reactive ketones (excluding diaryl/α,β-unsaturated/α-hetero) is 2. The molecule has 80 valence electrons. The number of rotatable bonds is 5. The third-order valence-corrected chi connectivity index (χ3v) is 1.51. The fraction of sp³-hybridized carbons (Fsp3) is 0.667. The average Bonchev–Trinajstić information content (AvgIpc) is 2.00. The van der Waals surface area contributed by atoms with Crippen molar-refractivity contribution in [3.63, 3.8) is 0 Å². The summed E-state index contributed by atoms with van der Waals surface area (Å²) in [4.78, 5) is 32.5. The first kappa shape index (κ1) is 12.8. The molecule has 0 aromatic heterocycles. The molecule has 2 atom stereocenters. The Labute approximate surface area is 82.1 Å². The first-order valence-electron chi connectivity index (χ1n) is 4.25. The molecule has 0 saturated carbocycles. The van der Waals surface area contributed by atoms with Crippen LogP contribution in [0, 0.1) is 0 Å². The zero-order valence-electron chi connectivity index (χ0n) is 8.44. The summed E-state index contributed by atoms with van der Waals surface area (Å²) in [6, 6.07) is 0. The first-order chi connectivity index (χ1) is 6.34. The number of carbonyl (C=O) groups excluding carboxylic acids is 3. The molecule has 0 fully saturated rings. The van der Waals surface area contributed by atoms with Gasteiger partial charge >= 0.3 is 5.97 Å². The van der Waals surface area contributed by atoms with Gasteiger partial charge in [-0.25, -0.2) is 0 Å². The average molecular weight is 202 g/mol. The lowest BCUT2D eigenvalue weighted by Gasteiger charge is -2.12. The van der Waals surface area contributed by atoms with Crippen LogP contribution in [0.4, 0.5) is 0 Å². The Kier molecular flexibility index (Phi) is 5.01. The third kappa shape index (κ3) is 4.71. The number of ketones is 2. The summed E-state index contributed by atoms with van der Waals surface area (Å²) in [5.74, 6) is -1.66. The van der Waals surface area contributed by atoms with Crippen LogP contribution < -0.4 is 0 Å². The van der Waals surface area contributed by atoms with Gasteiger partial charge in [0.25, 0.3) is 0 Å². The van der Waals surface area contributed by atoms with Crippen LogP contribution in [0.15, 0.2) is 0 Å². The predicted octanol–water partition coefficient (Wildman–Crippen LogP) is -0.153.